The van der Waals surface area contributed by atoms with Gasteiger partial charge in [0.2, 0.25) is 0 Å². The van der Waals surface area contributed by atoms with Crippen LogP contribution in [0.25, 0.3) is 0 Å². The molecule has 0 aromatic rings. The summed E-state index contributed by atoms with van der Waals surface area (Å²) in [7, 11) is -0.755. The second-order valence-electron chi connectivity index (χ2n) is 5.43. The molecular weight excluding hydrogens is 218 g/mol. The maximum atomic E-state index is 12.5. The van der Waals surface area contributed by atoms with Gasteiger partial charge in [0, 0.05) is 16.0 Å². The summed E-state index contributed by atoms with van der Waals surface area (Å²) in [6, 6.07) is 2.35. The van der Waals surface area contributed by atoms with E-state index in [0.717, 1.165) is 38.0 Å². The van der Waals surface area contributed by atoms with Crippen LogP contribution >= 0.6 is 0 Å². The van der Waals surface area contributed by atoms with Crippen molar-refractivity contribution in [1.29, 1.82) is 5.26 Å². The highest BCUT2D eigenvalue weighted by molar-refractivity contribution is 7.86. The molecule has 2 aliphatic rings. The molecule has 5 unspecified atom stereocenters. The summed E-state index contributed by atoms with van der Waals surface area (Å²) in [4.78, 5) is 0. The van der Waals surface area contributed by atoms with E-state index in [1.54, 1.807) is 0 Å². The fourth-order valence-corrected chi connectivity index (χ4v) is 5.52. The summed E-state index contributed by atoms with van der Waals surface area (Å²) in [5, 5.41) is 9.61. The van der Waals surface area contributed by atoms with E-state index in [1.807, 2.05) is 0 Å². The molecule has 0 heterocycles. The van der Waals surface area contributed by atoms with Crippen LogP contribution in [0.4, 0.5) is 0 Å². The Balaban J connectivity index is 1.98. The second-order valence-corrected chi connectivity index (χ2v) is 7.36. The fraction of sp³-hybridized carbons (Fsp3) is 0.923. The molecule has 16 heavy (non-hydrogen) atoms. The molecule has 90 valence electrons. The van der Waals surface area contributed by atoms with Crippen LogP contribution in [0.1, 0.15) is 51.9 Å². The zero-order chi connectivity index (χ0) is 11.5. The zero-order valence-corrected chi connectivity index (χ0v) is 10.8. The minimum absolute atomic E-state index is 0.0677. The number of hydrogen-bond acceptors (Lipinski definition) is 2. The standard InChI is InChI=1S/C13H21NOS/c1-10-4-2-6-12(8-10)16(15)13-7-3-5-11(13)9-14/h10-13H,2-8H2,1H3. The van der Waals surface area contributed by atoms with Crippen LogP contribution in [-0.4, -0.2) is 14.7 Å². The van der Waals surface area contributed by atoms with Gasteiger partial charge in [-0.25, -0.2) is 0 Å². The summed E-state index contributed by atoms with van der Waals surface area (Å²) < 4.78 is 12.5. The van der Waals surface area contributed by atoms with E-state index in [9.17, 15) is 4.21 Å². The molecule has 2 aliphatic carbocycles. The summed E-state index contributed by atoms with van der Waals surface area (Å²) in [5.74, 6) is 0.794. The molecule has 3 heteroatoms. The molecule has 2 saturated carbocycles. The van der Waals surface area contributed by atoms with Crippen molar-refractivity contribution in [1.82, 2.24) is 0 Å². The van der Waals surface area contributed by atoms with E-state index in [1.165, 1.54) is 12.8 Å². The Morgan fingerprint density at radius 3 is 2.62 bits per heavy atom. The zero-order valence-electron chi connectivity index (χ0n) is 10.0. The Labute approximate surface area is 101 Å². The van der Waals surface area contributed by atoms with E-state index in [4.69, 9.17) is 5.26 Å². The molecular formula is C13H21NOS. The molecule has 5 atom stereocenters. The minimum Gasteiger partial charge on any atom is -0.259 e. The van der Waals surface area contributed by atoms with Crippen molar-refractivity contribution in [3.05, 3.63) is 0 Å². The molecule has 0 saturated heterocycles. The molecule has 0 bridgehead atoms. The van der Waals surface area contributed by atoms with E-state index in [0.29, 0.717) is 5.25 Å². The summed E-state index contributed by atoms with van der Waals surface area (Å²) >= 11 is 0. The lowest BCUT2D eigenvalue weighted by Gasteiger charge is -2.28. The number of hydrogen-bond donors (Lipinski definition) is 0. The largest absolute Gasteiger partial charge is 0.259 e. The van der Waals surface area contributed by atoms with Gasteiger partial charge in [-0.1, -0.05) is 26.2 Å². The van der Waals surface area contributed by atoms with Crippen LogP contribution in [0, 0.1) is 23.2 Å². The lowest BCUT2D eigenvalue weighted by Crippen LogP contribution is -2.31. The number of nitriles is 1. The fourth-order valence-electron chi connectivity index (χ4n) is 3.19. The van der Waals surface area contributed by atoms with Gasteiger partial charge in [-0.2, -0.15) is 5.26 Å². The van der Waals surface area contributed by atoms with Gasteiger partial charge < -0.3 is 0 Å². The molecule has 0 amide bonds. The summed E-state index contributed by atoms with van der Waals surface area (Å²) in [5.41, 5.74) is 0. The van der Waals surface area contributed by atoms with Crippen molar-refractivity contribution in [3.63, 3.8) is 0 Å². The van der Waals surface area contributed by atoms with Gasteiger partial charge in [-0.3, -0.25) is 4.21 Å². The first kappa shape index (κ1) is 12.1. The topological polar surface area (TPSA) is 40.9 Å². The normalized spacial score (nSPS) is 41.5. The number of rotatable bonds is 2. The highest BCUT2D eigenvalue weighted by Gasteiger charge is 2.36. The molecule has 0 aromatic carbocycles. The van der Waals surface area contributed by atoms with Crippen LogP contribution in [0.3, 0.4) is 0 Å². The van der Waals surface area contributed by atoms with Gasteiger partial charge >= 0.3 is 0 Å². The Kier molecular flexibility index (Phi) is 4.02. The first-order valence-corrected chi connectivity index (χ1v) is 7.79. The Hall–Kier alpha value is -0.360. The van der Waals surface area contributed by atoms with E-state index >= 15 is 0 Å². The van der Waals surface area contributed by atoms with Crippen molar-refractivity contribution in [2.75, 3.05) is 0 Å². The van der Waals surface area contributed by atoms with Gasteiger partial charge in [-0.05, 0) is 31.6 Å². The molecule has 0 spiro atoms. The van der Waals surface area contributed by atoms with Crippen LogP contribution in [0.2, 0.25) is 0 Å². The predicted molar refractivity (Wildman–Crippen MR) is 66.3 cm³/mol. The minimum atomic E-state index is -0.755. The third-order valence-electron chi connectivity index (χ3n) is 4.13. The third-order valence-corrected chi connectivity index (χ3v) is 6.38. The highest BCUT2D eigenvalue weighted by Crippen LogP contribution is 2.35. The SMILES string of the molecule is CC1CCCC(S(=O)C2CCCC2C#N)C1. The van der Waals surface area contributed by atoms with Crippen LogP contribution < -0.4 is 0 Å². The van der Waals surface area contributed by atoms with Gasteiger partial charge in [0.05, 0.1) is 17.2 Å². The van der Waals surface area contributed by atoms with Gasteiger partial charge in [-0.15, -0.1) is 0 Å². The van der Waals surface area contributed by atoms with Crippen LogP contribution in [0.15, 0.2) is 0 Å². The van der Waals surface area contributed by atoms with Crippen molar-refractivity contribution in [3.8, 4) is 6.07 Å². The maximum Gasteiger partial charge on any atom is 0.0668 e. The molecule has 2 nitrogen and oxygen atoms in total. The van der Waals surface area contributed by atoms with Crippen LogP contribution in [0.5, 0.6) is 0 Å². The molecule has 0 aromatic heterocycles. The molecule has 2 rings (SSSR count). The van der Waals surface area contributed by atoms with Gasteiger partial charge in [0.25, 0.3) is 0 Å². The van der Waals surface area contributed by atoms with Crippen LogP contribution in [-0.2, 0) is 10.8 Å². The average Bonchev–Trinajstić information content (AvgIpc) is 2.76. The summed E-state index contributed by atoms with van der Waals surface area (Å²) in [6.07, 6.45) is 7.82. The Morgan fingerprint density at radius 1 is 1.19 bits per heavy atom. The Bertz CT molecular complexity index is 310. The lowest BCUT2D eigenvalue weighted by atomic mass is 9.90. The average molecular weight is 239 g/mol. The van der Waals surface area contributed by atoms with Crippen molar-refractivity contribution < 1.29 is 4.21 Å². The first-order valence-electron chi connectivity index (χ1n) is 6.51. The number of nitrogens with zero attached hydrogens (tertiary/aromatic N) is 1. The van der Waals surface area contributed by atoms with E-state index in [-0.39, 0.29) is 11.2 Å². The first-order chi connectivity index (χ1) is 7.72. The predicted octanol–water partition coefficient (Wildman–Crippen LogP) is 3.01. The van der Waals surface area contributed by atoms with E-state index in [2.05, 4.69) is 13.0 Å². The monoisotopic (exact) mass is 239 g/mol. The van der Waals surface area contributed by atoms with Gasteiger partial charge in [0.15, 0.2) is 0 Å². The van der Waals surface area contributed by atoms with Crippen molar-refractivity contribution in [2.45, 2.75) is 62.4 Å². The quantitative estimate of drug-likeness (QED) is 0.743. The lowest BCUT2D eigenvalue weighted by molar-refractivity contribution is 0.387. The molecule has 0 aliphatic heterocycles. The Morgan fingerprint density at radius 2 is 1.94 bits per heavy atom. The summed E-state index contributed by atoms with van der Waals surface area (Å²) in [6.45, 7) is 2.26. The third kappa shape index (κ3) is 2.48. The molecule has 0 radical (unpaired) electrons. The molecule has 0 N–H and O–H groups in total. The smallest absolute Gasteiger partial charge is 0.0668 e. The van der Waals surface area contributed by atoms with Crippen molar-refractivity contribution in [2.24, 2.45) is 11.8 Å². The van der Waals surface area contributed by atoms with E-state index < -0.39 is 10.8 Å². The van der Waals surface area contributed by atoms with Crippen molar-refractivity contribution >= 4 is 10.8 Å². The molecule has 2 fully saturated rings. The second kappa shape index (κ2) is 5.31. The maximum absolute atomic E-state index is 12.5. The highest BCUT2D eigenvalue weighted by atomic mass is 32.2. The van der Waals surface area contributed by atoms with Gasteiger partial charge in [0.1, 0.15) is 0 Å².